The Kier molecular flexibility index (Phi) is 3.96. The average molecular weight is 250 g/mol. The summed E-state index contributed by atoms with van der Waals surface area (Å²) in [4.78, 5) is 11.2. The first-order valence-electron chi connectivity index (χ1n) is 5.32. The molecule has 1 saturated carbocycles. The number of hydrogen-bond donors (Lipinski definition) is 1. The van der Waals surface area contributed by atoms with E-state index in [-0.39, 0.29) is 18.8 Å². The van der Waals surface area contributed by atoms with Gasteiger partial charge in [-0.25, -0.2) is 8.42 Å². The minimum absolute atomic E-state index is 0.0698. The molecular formula is C10H18O5S. The Morgan fingerprint density at radius 2 is 2.19 bits per heavy atom. The lowest BCUT2D eigenvalue weighted by Crippen LogP contribution is -2.34. The number of rotatable bonds is 5. The van der Waals surface area contributed by atoms with Gasteiger partial charge in [0.1, 0.15) is 0 Å². The standard InChI is InChI=1S/C10H18O5S/c1-3-16(13,14)8-4-5-10(6-8,7-15-2)9(11)12/h8H,3-7H2,1-2H3,(H,11,12)/t8-,10+/m1/s1. The first-order valence-corrected chi connectivity index (χ1v) is 7.03. The van der Waals surface area contributed by atoms with Crippen molar-refractivity contribution in [3.63, 3.8) is 0 Å². The van der Waals surface area contributed by atoms with Crippen LogP contribution in [0.15, 0.2) is 0 Å². The molecular weight excluding hydrogens is 232 g/mol. The summed E-state index contributed by atoms with van der Waals surface area (Å²) in [6.45, 7) is 1.67. The summed E-state index contributed by atoms with van der Waals surface area (Å²) in [6.07, 6.45) is 0.970. The lowest BCUT2D eigenvalue weighted by Gasteiger charge is -2.23. The molecule has 0 aromatic carbocycles. The first-order chi connectivity index (χ1) is 7.38. The van der Waals surface area contributed by atoms with E-state index in [1.807, 2.05) is 0 Å². The fraction of sp³-hybridized carbons (Fsp3) is 0.900. The third kappa shape index (κ3) is 2.38. The molecule has 0 radical (unpaired) electrons. The van der Waals surface area contributed by atoms with Gasteiger partial charge in [-0.2, -0.15) is 0 Å². The molecule has 0 saturated heterocycles. The first kappa shape index (κ1) is 13.4. The van der Waals surface area contributed by atoms with E-state index in [2.05, 4.69) is 0 Å². The molecule has 94 valence electrons. The van der Waals surface area contributed by atoms with Crippen LogP contribution in [0.5, 0.6) is 0 Å². The van der Waals surface area contributed by atoms with Crippen LogP contribution in [0.4, 0.5) is 0 Å². The van der Waals surface area contributed by atoms with E-state index in [0.717, 1.165) is 0 Å². The molecule has 0 aromatic rings. The van der Waals surface area contributed by atoms with E-state index in [0.29, 0.717) is 12.8 Å². The van der Waals surface area contributed by atoms with Crippen molar-refractivity contribution in [1.82, 2.24) is 0 Å². The minimum atomic E-state index is -3.14. The van der Waals surface area contributed by atoms with Crippen molar-refractivity contribution in [3.8, 4) is 0 Å². The Balaban J connectivity index is 2.87. The molecule has 1 aliphatic rings. The van der Waals surface area contributed by atoms with Crippen LogP contribution in [0.2, 0.25) is 0 Å². The molecule has 5 nitrogen and oxygen atoms in total. The van der Waals surface area contributed by atoms with Crippen LogP contribution in [0.1, 0.15) is 26.2 Å². The lowest BCUT2D eigenvalue weighted by atomic mass is 9.87. The molecule has 1 rings (SSSR count). The zero-order chi connectivity index (χ0) is 12.4. The van der Waals surface area contributed by atoms with Gasteiger partial charge in [-0.1, -0.05) is 6.92 Å². The largest absolute Gasteiger partial charge is 0.481 e. The molecule has 1 N–H and O–H groups in total. The van der Waals surface area contributed by atoms with Gasteiger partial charge >= 0.3 is 5.97 Å². The van der Waals surface area contributed by atoms with Gasteiger partial charge in [-0.3, -0.25) is 4.79 Å². The summed E-state index contributed by atoms with van der Waals surface area (Å²) in [6, 6.07) is 0. The number of carbonyl (C=O) groups is 1. The lowest BCUT2D eigenvalue weighted by molar-refractivity contribution is -0.151. The second-order valence-corrected chi connectivity index (χ2v) is 6.90. The number of sulfone groups is 1. The number of carboxylic acids is 1. The highest BCUT2D eigenvalue weighted by Gasteiger charge is 2.48. The highest BCUT2D eigenvalue weighted by atomic mass is 32.2. The summed E-state index contributed by atoms with van der Waals surface area (Å²) in [7, 11) is -1.70. The van der Waals surface area contributed by atoms with E-state index in [1.54, 1.807) is 6.92 Å². The molecule has 16 heavy (non-hydrogen) atoms. The second-order valence-electron chi connectivity index (χ2n) is 4.33. The third-order valence-electron chi connectivity index (χ3n) is 3.35. The normalized spacial score (nSPS) is 30.5. The van der Waals surface area contributed by atoms with E-state index < -0.39 is 26.5 Å². The highest BCUT2D eigenvalue weighted by Crippen LogP contribution is 2.41. The van der Waals surface area contributed by atoms with Gasteiger partial charge in [0.15, 0.2) is 9.84 Å². The van der Waals surface area contributed by atoms with E-state index in [1.165, 1.54) is 7.11 Å². The predicted molar refractivity (Wildman–Crippen MR) is 59.0 cm³/mol. The average Bonchev–Trinajstić information content (AvgIpc) is 2.65. The van der Waals surface area contributed by atoms with Crippen LogP contribution in [-0.4, -0.2) is 44.2 Å². The fourth-order valence-electron chi connectivity index (χ4n) is 2.28. The van der Waals surface area contributed by atoms with Crippen molar-refractivity contribution in [2.45, 2.75) is 31.4 Å². The van der Waals surface area contributed by atoms with Crippen molar-refractivity contribution in [2.24, 2.45) is 5.41 Å². The summed E-state index contributed by atoms with van der Waals surface area (Å²) in [5, 5.41) is 8.65. The van der Waals surface area contributed by atoms with Crippen LogP contribution in [0.25, 0.3) is 0 Å². The monoisotopic (exact) mass is 250 g/mol. The van der Waals surface area contributed by atoms with E-state index >= 15 is 0 Å². The number of methoxy groups -OCH3 is 1. The second kappa shape index (κ2) is 4.71. The van der Waals surface area contributed by atoms with Crippen LogP contribution in [-0.2, 0) is 19.4 Å². The zero-order valence-corrected chi connectivity index (χ0v) is 10.4. The van der Waals surface area contributed by atoms with Crippen molar-refractivity contribution in [2.75, 3.05) is 19.5 Å². The van der Waals surface area contributed by atoms with Crippen molar-refractivity contribution < 1.29 is 23.1 Å². The highest BCUT2D eigenvalue weighted by molar-refractivity contribution is 7.92. The summed E-state index contributed by atoms with van der Waals surface area (Å²) in [5.41, 5.74) is -1.01. The summed E-state index contributed by atoms with van der Waals surface area (Å²) < 4.78 is 28.3. The van der Waals surface area contributed by atoms with Crippen LogP contribution in [0, 0.1) is 5.41 Å². The van der Waals surface area contributed by atoms with Gasteiger partial charge in [-0.15, -0.1) is 0 Å². The van der Waals surface area contributed by atoms with Gasteiger partial charge in [0.05, 0.1) is 17.3 Å². The van der Waals surface area contributed by atoms with Gasteiger partial charge in [0.2, 0.25) is 0 Å². The molecule has 6 heteroatoms. The Bertz CT molecular complexity index is 361. The molecule has 0 aliphatic heterocycles. The Morgan fingerprint density at radius 1 is 1.56 bits per heavy atom. The SMILES string of the molecule is CCS(=O)(=O)[C@@H]1CC[C@](COC)(C(=O)O)C1. The van der Waals surface area contributed by atoms with Crippen LogP contribution < -0.4 is 0 Å². The number of carboxylic acid groups (broad SMARTS) is 1. The Hall–Kier alpha value is -0.620. The van der Waals surface area contributed by atoms with Crippen molar-refractivity contribution in [3.05, 3.63) is 0 Å². The number of aliphatic carboxylic acids is 1. The summed E-state index contributed by atoms with van der Waals surface area (Å²) in [5.74, 6) is -0.886. The van der Waals surface area contributed by atoms with Gasteiger partial charge in [0, 0.05) is 12.9 Å². The van der Waals surface area contributed by atoms with Crippen molar-refractivity contribution in [1.29, 1.82) is 0 Å². The molecule has 2 atom stereocenters. The molecule has 1 aliphatic carbocycles. The molecule has 0 spiro atoms. The van der Waals surface area contributed by atoms with Gasteiger partial charge in [-0.05, 0) is 19.3 Å². The zero-order valence-electron chi connectivity index (χ0n) is 9.60. The molecule has 0 amide bonds. The van der Waals surface area contributed by atoms with Crippen LogP contribution in [0.3, 0.4) is 0 Å². The van der Waals surface area contributed by atoms with E-state index in [4.69, 9.17) is 4.74 Å². The maximum absolute atomic E-state index is 11.7. The minimum Gasteiger partial charge on any atom is -0.481 e. The predicted octanol–water partition coefficient (Wildman–Crippen LogP) is 0.691. The smallest absolute Gasteiger partial charge is 0.312 e. The number of hydrogen-bond acceptors (Lipinski definition) is 4. The molecule has 0 unspecified atom stereocenters. The topological polar surface area (TPSA) is 80.7 Å². The molecule has 0 heterocycles. The van der Waals surface area contributed by atoms with Gasteiger partial charge < -0.3 is 9.84 Å². The van der Waals surface area contributed by atoms with Crippen molar-refractivity contribution >= 4 is 15.8 Å². The number of ether oxygens (including phenoxy) is 1. The van der Waals surface area contributed by atoms with Crippen LogP contribution >= 0.6 is 0 Å². The Morgan fingerprint density at radius 3 is 2.62 bits per heavy atom. The molecule has 0 bridgehead atoms. The summed E-state index contributed by atoms with van der Waals surface area (Å²) >= 11 is 0. The van der Waals surface area contributed by atoms with Gasteiger partial charge in [0.25, 0.3) is 0 Å². The maximum atomic E-state index is 11.7. The quantitative estimate of drug-likeness (QED) is 0.776. The molecule has 0 aromatic heterocycles. The molecule has 1 fully saturated rings. The van der Waals surface area contributed by atoms with E-state index in [9.17, 15) is 18.3 Å². The maximum Gasteiger partial charge on any atom is 0.312 e. The Labute approximate surface area is 95.7 Å². The fourth-order valence-corrected chi connectivity index (χ4v) is 3.80. The third-order valence-corrected chi connectivity index (χ3v) is 5.57.